The second-order valence-corrected chi connectivity index (χ2v) is 6.95. The van der Waals surface area contributed by atoms with E-state index in [0.717, 1.165) is 28.7 Å². The fourth-order valence-electron chi connectivity index (χ4n) is 3.34. The Morgan fingerprint density at radius 3 is 0.966 bits per heavy atom. The van der Waals surface area contributed by atoms with Gasteiger partial charge >= 0.3 is 0 Å². The van der Waals surface area contributed by atoms with Gasteiger partial charge in [-0.3, -0.25) is 0 Å². The average Bonchev–Trinajstić information content (AvgIpc) is 2.80. The number of rotatable bonds is 4. The lowest BCUT2D eigenvalue weighted by atomic mass is 9.98. The number of hydrogen-bond acceptors (Lipinski definition) is 2. The SMILES string of the molecule is N#Cc1ccc(-c2ccc(Cc3ccc(-c4ccc(C#N)cc4)cc3)cc2)cc1. The largest absolute Gasteiger partial charge is 0.192 e. The van der Waals surface area contributed by atoms with Crippen LogP contribution in [0, 0.1) is 22.7 Å². The van der Waals surface area contributed by atoms with Crippen LogP contribution in [0.1, 0.15) is 22.3 Å². The van der Waals surface area contributed by atoms with Crippen LogP contribution in [0.4, 0.5) is 0 Å². The van der Waals surface area contributed by atoms with Crippen molar-refractivity contribution in [3.8, 4) is 34.4 Å². The summed E-state index contributed by atoms with van der Waals surface area (Å²) in [4.78, 5) is 0. The van der Waals surface area contributed by atoms with Crippen molar-refractivity contribution in [2.45, 2.75) is 6.42 Å². The summed E-state index contributed by atoms with van der Waals surface area (Å²) in [5, 5.41) is 17.8. The van der Waals surface area contributed by atoms with Crippen LogP contribution in [-0.2, 0) is 6.42 Å². The van der Waals surface area contributed by atoms with Gasteiger partial charge in [-0.05, 0) is 64.1 Å². The quantitative estimate of drug-likeness (QED) is 0.420. The van der Waals surface area contributed by atoms with E-state index in [0.29, 0.717) is 11.1 Å². The van der Waals surface area contributed by atoms with Gasteiger partial charge in [0.1, 0.15) is 0 Å². The first kappa shape index (κ1) is 18.2. The van der Waals surface area contributed by atoms with Crippen molar-refractivity contribution in [1.82, 2.24) is 0 Å². The molecular weight excluding hydrogens is 352 g/mol. The maximum atomic E-state index is 8.92. The van der Waals surface area contributed by atoms with E-state index < -0.39 is 0 Å². The number of benzene rings is 4. The van der Waals surface area contributed by atoms with E-state index in [2.05, 4.69) is 60.7 Å². The Morgan fingerprint density at radius 2 is 0.690 bits per heavy atom. The van der Waals surface area contributed by atoms with Gasteiger partial charge in [0.15, 0.2) is 0 Å². The Bertz CT molecular complexity index is 1090. The minimum Gasteiger partial charge on any atom is -0.192 e. The van der Waals surface area contributed by atoms with Crippen molar-refractivity contribution in [1.29, 1.82) is 10.5 Å². The van der Waals surface area contributed by atoms with E-state index in [1.807, 2.05) is 48.5 Å². The summed E-state index contributed by atoms with van der Waals surface area (Å²) in [5.41, 5.74) is 8.39. The summed E-state index contributed by atoms with van der Waals surface area (Å²) >= 11 is 0. The van der Waals surface area contributed by atoms with Gasteiger partial charge in [-0.1, -0.05) is 72.8 Å². The maximum Gasteiger partial charge on any atom is 0.0991 e. The third kappa shape index (κ3) is 4.24. The van der Waals surface area contributed by atoms with E-state index >= 15 is 0 Å². The lowest BCUT2D eigenvalue weighted by Crippen LogP contribution is -1.89. The predicted molar refractivity (Wildman–Crippen MR) is 116 cm³/mol. The molecule has 0 aromatic heterocycles. The summed E-state index contributed by atoms with van der Waals surface area (Å²) < 4.78 is 0. The lowest BCUT2D eigenvalue weighted by Gasteiger charge is -2.07. The zero-order valence-corrected chi connectivity index (χ0v) is 15.8. The Morgan fingerprint density at radius 1 is 0.414 bits per heavy atom. The van der Waals surface area contributed by atoms with Crippen LogP contribution in [0.25, 0.3) is 22.3 Å². The van der Waals surface area contributed by atoms with Crippen LogP contribution in [0.5, 0.6) is 0 Å². The molecule has 0 aliphatic carbocycles. The molecule has 0 saturated heterocycles. The first-order chi connectivity index (χ1) is 14.2. The minimum atomic E-state index is 0.676. The molecule has 0 bridgehead atoms. The van der Waals surface area contributed by atoms with E-state index in [1.54, 1.807) is 0 Å². The normalized spacial score (nSPS) is 10.1. The Hall–Kier alpha value is -4.14. The molecule has 0 saturated carbocycles. The molecule has 2 heteroatoms. The fraction of sp³-hybridized carbons (Fsp3) is 0.0370. The van der Waals surface area contributed by atoms with Crippen LogP contribution in [0.3, 0.4) is 0 Å². The van der Waals surface area contributed by atoms with Crippen molar-refractivity contribution in [3.05, 3.63) is 119 Å². The van der Waals surface area contributed by atoms with Gasteiger partial charge in [0.05, 0.1) is 23.3 Å². The summed E-state index contributed by atoms with van der Waals surface area (Å²) in [5.74, 6) is 0. The van der Waals surface area contributed by atoms with E-state index in [1.165, 1.54) is 11.1 Å². The smallest absolute Gasteiger partial charge is 0.0991 e. The summed E-state index contributed by atoms with van der Waals surface area (Å²) in [6.07, 6.45) is 0.876. The van der Waals surface area contributed by atoms with Gasteiger partial charge in [-0.25, -0.2) is 0 Å². The highest BCUT2D eigenvalue weighted by molar-refractivity contribution is 5.66. The van der Waals surface area contributed by atoms with Crippen molar-refractivity contribution < 1.29 is 0 Å². The number of nitrogens with zero attached hydrogens (tertiary/aromatic N) is 2. The first-order valence-electron chi connectivity index (χ1n) is 9.44. The van der Waals surface area contributed by atoms with Gasteiger partial charge in [0, 0.05) is 0 Å². The molecule has 2 nitrogen and oxygen atoms in total. The molecule has 0 aliphatic heterocycles. The summed E-state index contributed by atoms with van der Waals surface area (Å²) in [6, 6.07) is 36.7. The standard InChI is InChI=1S/C27H18N2/c28-18-22-5-13-26(14-6-22)24-9-1-20(2-10-24)17-21-3-11-25(12-4-21)27-15-7-23(19-29)8-16-27/h1-16H,17H2. The molecule has 0 spiro atoms. The highest BCUT2D eigenvalue weighted by atomic mass is 14.2. The Kier molecular flexibility index (Phi) is 5.19. The second-order valence-electron chi connectivity index (χ2n) is 6.95. The zero-order valence-electron chi connectivity index (χ0n) is 15.8. The van der Waals surface area contributed by atoms with Crippen molar-refractivity contribution in [2.24, 2.45) is 0 Å². The van der Waals surface area contributed by atoms with Gasteiger partial charge in [-0.15, -0.1) is 0 Å². The predicted octanol–water partition coefficient (Wildman–Crippen LogP) is 6.35. The molecule has 0 aliphatic rings. The highest BCUT2D eigenvalue weighted by Gasteiger charge is 2.02. The van der Waals surface area contributed by atoms with E-state index in [9.17, 15) is 0 Å². The third-order valence-corrected chi connectivity index (χ3v) is 5.01. The molecule has 0 radical (unpaired) electrons. The summed E-state index contributed by atoms with van der Waals surface area (Å²) in [6.45, 7) is 0. The second kappa shape index (κ2) is 8.26. The van der Waals surface area contributed by atoms with Gasteiger partial charge < -0.3 is 0 Å². The molecule has 0 atom stereocenters. The molecule has 29 heavy (non-hydrogen) atoms. The number of nitriles is 2. The van der Waals surface area contributed by atoms with Crippen LogP contribution >= 0.6 is 0 Å². The molecular formula is C27H18N2. The Balaban J connectivity index is 1.46. The zero-order chi connectivity index (χ0) is 20.1. The van der Waals surface area contributed by atoms with E-state index in [-0.39, 0.29) is 0 Å². The average molecular weight is 370 g/mol. The highest BCUT2D eigenvalue weighted by Crippen LogP contribution is 2.23. The van der Waals surface area contributed by atoms with Crippen molar-refractivity contribution in [2.75, 3.05) is 0 Å². The molecule has 0 amide bonds. The molecule has 136 valence electrons. The minimum absolute atomic E-state index is 0.676. The van der Waals surface area contributed by atoms with Crippen molar-refractivity contribution >= 4 is 0 Å². The van der Waals surface area contributed by atoms with Gasteiger partial charge in [-0.2, -0.15) is 10.5 Å². The van der Waals surface area contributed by atoms with Crippen LogP contribution < -0.4 is 0 Å². The number of hydrogen-bond donors (Lipinski definition) is 0. The van der Waals surface area contributed by atoms with Crippen LogP contribution in [0.2, 0.25) is 0 Å². The van der Waals surface area contributed by atoms with Crippen LogP contribution in [-0.4, -0.2) is 0 Å². The first-order valence-corrected chi connectivity index (χ1v) is 9.44. The Labute approximate surface area is 170 Å². The van der Waals surface area contributed by atoms with Gasteiger partial charge in [0.2, 0.25) is 0 Å². The molecule has 0 N–H and O–H groups in total. The molecule has 4 rings (SSSR count). The third-order valence-electron chi connectivity index (χ3n) is 5.01. The maximum absolute atomic E-state index is 8.92. The molecule has 4 aromatic carbocycles. The fourth-order valence-corrected chi connectivity index (χ4v) is 3.34. The van der Waals surface area contributed by atoms with Crippen LogP contribution in [0.15, 0.2) is 97.1 Å². The monoisotopic (exact) mass is 370 g/mol. The molecule has 0 heterocycles. The van der Waals surface area contributed by atoms with Crippen molar-refractivity contribution in [3.63, 3.8) is 0 Å². The lowest BCUT2D eigenvalue weighted by molar-refractivity contribution is 1.19. The molecule has 0 unspecified atom stereocenters. The molecule has 0 fully saturated rings. The van der Waals surface area contributed by atoms with Gasteiger partial charge in [0.25, 0.3) is 0 Å². The van der Waals surface area contributed by atoms with E-state index in [4.69, 9.17) is 10.5 Å². The molecule has 4 aromatic rings. The topological polar surface area (TPSA) is 47.6 Å². The summed E-state index contributed by atoms with van der Waals surface area (Å²) in [7, 11) is 0.